The van der Waals surface area contributed by atoms with Crippen molar-refractivity contribution in [2.45, 2.75) is 32.4 Å². The van der Waals surface area contributed by atoms with Crippen molar-refractivity contribution in [3.8, 4) is 11.5 Å². The Labute approximate surface area is 134 Å². The predicted molar refractivity (Wildman–Crippen MR) is 83.2 cm³/mol. The van der Waals surface area contributed by atoms with Crippen LogP contribution in [0.25, 0.3) is 0 Å². The van der Waals surface area contributed by atoms with E-state index < -0.39 is 6.03 Å². The zero-order valence-corrected chi connectivity index (χ0v) is 13.1. The third-order valence-electron chi connectivity index (χ3n) is 3.82. The third-order valence-corrected chi connectivity index (χ3v) is 3.82. The molecule has 0 saturated heterocycles. The molecule has 1 aromatic rings. The number of rotatable bonds is 6. The lowest BCUT2D eigenvalue weighted by molar-refractivity contribution is -0.121. The van der Waals surface area contributed by atoms with E-state index in [4.69, 9.17) is 9.47 Å². The van der Waals surface area contributed by atoms with E-state index in [1.165, 1.54) is 0 Å². The second-order valence-electron chi connectivity index (χ2n) is 5.79. The van der Waals surface area contributed by atoms with Gasteiger partial charge in [0.1, 0.15) is 0 Å². The minimum Gasteiger partial charge on any atom is -0.454 e. The van der Waals surface area contributed by atoms with Crippen LogP contribution in [0.15, 0.2) is 18.2 Å². The summed E-state index contributed by atoms with van der Waals surface area (Å²) in [7, 11) is 0. The van der Waals surface area contributed by atoms with E-state index in [1.54, 1.807) is 0 Å². The molecule has 3 amide bonds. The quantitative estimate of drug-likeness (QED) is 0.824. The van der Waals surface area contributed by atoms with Gasteiger partial charge in [-0.15, -0.1) is 0 Å². The lowest BCUT2D eigenvalue weighted by atomic mass is 10.2. The van der Waals surface area contributed by atoms with E-state index >= 15 is 0 Å². The molecule has 1 saturated carbocycles. The van der Waals surface area contributed by atoms with Gasteiger partial charge in [0.15, 0.2) is 11.5 Å². The van der Waals surface area contributed by atoms with Gasteiger partial charge in [0, 0.05) is 12.6 Å². The maximum Gasteiger partial charge on any atom is 0.321 e. The Morgan fingerprint density at radius 1 is 1.26 bits per heavy atom. The van der Waals surface area contributed by atoms with Gasteiger partial charge in [-0.2, -0.15) is 0 Å². The SMILES string of the molecule is CCN(CC(=O)NC(=O)NC1CC1)Cc1ccc2c(c1)OCO2. The van der Waals surface area contributed by atoms with Gasteiger partial charge in [0.2, 0.25) is 12.7 Å². The predicted octanol–water partition coefficient (Wildman–Crippen LogP) is 1.23. The summed E-state index contributed by atoms with van der Waals surface area (Å²) < 4.78 is 10.6. The van der Waals surface area contributed by atoms with Crippen LogP contribution in [0.1, 0.15) is 25.3 Å². The first kappa shape index (κ1) is 15.6. The lowest BCUT2D eigenvalue weighted by Crippen LogP contribution is -2.45. The summed E-state index contributed by atoms with van der Waals surface area (Å²) in [5.41, 5.74) is 1.03. The van der Waals surface area contributed by atoms with Crippen LogP contribution in [0, 0.1) is 0 Å². The molecule has 0 radical (unpaired) electrons. The highest BCUT2D eigenvalue weighted by atomic mass is 16.7. The van der Waals surface area contributed by atoms with Crippen LogP contribution in [-0.4, -0.2) is 42.8 Å². The molecule has 1 aliphatic carbocycles. The van der Waals surface area contributed by atoms with Crippen molar-refractivity contribution < 1.29 is 19.1 Å². The van der Waals surface area contributed by atoms with Crippen molar-refractivity contribution >= 4 is 11.9 Å². The van der Waals surface area contributed by atoms with E-state index in [0.717, 1.165) is 29.9 Å². The van der Waals surface area contributed by atoms with Crippen LogP contribution in [0.3, 0.4) is 0 Å². The minimum absolute atomic E-state index is 0.170. The van der Waals surface area contributed by atoms with E-state index in [2.05, 4.69) is 10.6 Å². The lowest BCUT2D eigenvalue weighted by Gasteiger charge is -2.20. The smallest absolute Gasteiger partial charge is 0.321 e. The molecule has 0 atom stereocenters. The first-order valence-electron chi connectivity index (χ1n) is 7.85. The van der Waals surface area contributed by atoms with Crippen molar-refractivity contribution in [1.29, 1.82) is 0 Å². The molecule has 7 nitrogen and oxygen atoms in total. The fraction of sp³-hybridized carbons (Fsp3) is 0.500. The van der Waals surface area contributed by atoms with Crippen molar-refractivity contribution in [3.63, 3.8) is 0 Å². The van der Waals surface area contributed by atoms with Crippen molar-refractivity contribution in [2.24, 2.45) is 0 Å². The van der Waals surface area contributed by atoms with Gasteiger partial charge in [-0.25, -0.2) is 4.79 Å². The topological polar surface area (TPSA) is 79.9 Å². The van der Waals surface area contributed by atoms with Gasteiger partial charge in [-0.05, 0) is 37.1 Å². The number of amides is 3. The van der Waals surface area contributed by atoms with Gasteiger partial charge >= 0.3 is 6.03 Å². The summed E-state index contributed by atoms with van der Waals surface area (Å²) in [5, 5.41) is 5.10. The largest absolute Gasteiger partial charge is 0.454 e. The second-order valence-corrected chi connectivity index (χ2v) is 5.79. The number of hydrogen-bond donors (Lipinski definition) is 2. The van der Waals surface area contributed by atoms with Crippen LogP contribution in [0.2, 0.25) is 0 Å². The van der Waals surface area contributed by atoms with Crippen LogP contribution in [0.4, 0.5) is 4.79 Å². The highest BCUT2D eigenvalue weighted by Gasteiger charge is 2.24. The zero-order valence-electron chi connectivity index (χ0n) is 13.1. The zero-order chi connectivity index (χ0) is 16.2. The molecule has 3 rings (SSSR count). The summed E-state index contributed by atoms with van der Waals surface area (Å²) in [6.45, 7) is 3.69. The highest BCUT2D eigenvalue weighted by Crippen LogP contribution is 2.32. The molecule has 0 bridgehead atoms. The fourth-order valence-corrected chi connectivity index (χ4v) is 2.40. The molecular formula is C16H21N3O4. The Morgan fingerprint density at radius 2 is 2.04 bits per heavy atom. The Balaban J connectivity index is 1.50. The molecule has 0 aromatic heterocycles. The monoisotopic (exact) mass is 319 g/mol. The third kappa shape index (κ3) is 4.35. The maximum atomic E-state index is 11.9. The number of carbonyl (C=O) groups excluding carboxylic acids is 2. The number of hydrogen-bond acceptors (Lipinski definition) is 5. The molecule has 1 fully saturated rings. The van der Waals surface area contributed by atoms with Crippen LogP contribution in [0.5, 0.6) is 11.5 Å². The summed E-state index contributed by atoms with van der Waals surface area (Å²) in [4.78, 5) is 25.5. The van der Waals surface area contributed by atoms with Crippen LogP contribution >= 0.6 is 0 Å². The van der Waals surface area contributed by atoms with E-state index in [0.29, 0.717) is 13.1 Å². The van der Waals surface area contributed by atoms with E-state index in [9.17, 15) is 9.59 Å². The highest BCUT2D eigenvalue weighted by molar-refractivity contribution is 5.95. The fourth-order valence-electron chi connectivity index (χ4n) is 2.40. The number of imide groups is 1. The maximum absolute atomic E-state index is 11.9. The van der Waals surface area contributed by atoms with Crippen LogP contribution in [-0.2, 0) is 11.3 Å². The molecule has 23 heavy (non-hydrogen) atoms. The van der Waals surface area contributed by atoms with E-state index in [1.807, 2.05) is 30.0 Å². The number of nitrogens with one attached hydrogen (secondary N) is 2. The molecule has 1 aliphatic heterocycles. The van der Waals surface area contributed by atoms with Crippen LogP contribution < -0.4 is 20.1 Å². The Morgan fingerprint density at radius 3 is 2.78 bits per heavy atom. The molecule has 1 aromatic carbocycles. The molecule has 1 heterocycles. The normalized spacial score (nSPS) is 15.6. The number of likely N-dealkylation sites (N-methyl/N-ethyl adjacent to an activating group) is 1. The van der Waals surface area contributed by atoms with Gasteiger partial charge in [0.05, 0.1) is 6.54 Å². The molecule has 124 valence electrons. The molecule has 7 heteroatoms. The Kier molecular flexibility index (Phi) is 4.66. The molecule has 0 unspecified atom stereocenters. The first-order valence-corrected chi connectivity index (χ1v) is 7.85. The Bertz CT molecular complexity index is 601. The standard InChI is InChI=1S/C16H21N3O4/c1-2-19(9-15(20)18-16(21)17-12-4-5-12)8-11-3-6-13-14(7-11)23-10-22-13/h3,6-7,12H,2,4-5,8-10H2,1H3,(H2,17,18,20,21). The number of carbonyl (C=O) groups is 2. The number of nitrogens with zero attached hydrogens (tertiary/aromatic N) is 1. The number of urea groups is 1. The number of fused-ring (bicyclic) bond motifs is 1. The minimum atomic E-state index is -0.406. The van der Waals surface area contributed by atoms with Gasteiger partial charge in [0.25, 0.3) is 0 Å². The average molecular weight is 319 g/mol. The van der Waals surface area contributed by atoms with E-state index in [-0.39, 0.29) is 25.3 Å². The van der Waals surface area contributed by atoms with Gasteiger partial charge in [-0.3, -0.25) is 15.0 Å². The summed E-state index contributed by atoms with van der Waals surface area (Å²) >= 11 is 0. The molecule has 0 spiro atoms. The molecule has 2 N–H and O–H groups in total. The van der Waals surface area contributed by atoms with Gasteiger partial charge in [-0.1, -0.05) is 13.0 Å². The number of benzene rings is 1. The van der Waals surface area contributed by atoms with Crippen molar-refractivity contribution in [2.75, 3.05) is 19.9 Å². The molecular weight excluding hydrogens is 298 g/mol. The summed E-state index contributed by atoms with van der Waals surface area (Å²) in [6, 6.07) is 5.57. The molecule has 2 aliphatic rings. The first-order chi connectivity index (χ1) is 11.1. The average Bonchev–Trinajstić information content (AvgIpc) is 3.20. The Hall–Kier alpha value is -2.28. The summed E-state index contributed by atoms with van der Waals surface area (Å²) in [6.07, 6.45) is 1.99. The second kappa shape index (κ2) is 6.87. The van der Waals surface area contributed by atoms with Gasteiger partial charge < -0.3 is 14.8 Å². The number of ether oxygens (including phenoxy) is 2. The van der Waals surface area contributed by atoms with Crippen molar-refractivity contribution in [3.05, 3.63) is 23.8 Å². The summed E-state index contributed by atoms with van der Waals surface area (Å²) in [5.74, 6) is 1.17. The van der Waals surface area contributed by atoms with Crippen molar-refractivity contribution in [1.82, 2.24) is 15.5 Å².